The number of carbonyl (C=O) groups is 1. The average Bonchev–Trinajstić information content (AvgIpc) is 2.67. The van der Waals surface area contributed by atoms with Crippen LogP contribution in [0.5, 0.6) is 0 Å². The van der Waals surface area contributed by atoms with Crippen molar-refractivity contribution in [1.29, 1.82) is 0 Å². The number of nitrogens with zero attached hydrogens (tertiary/aromatic N) is 3. The lowest BCUT2D eigenvalue weighted by atomic mass is 10.0. The Hall–Kier alpha value is -2.77. The van der Waals surface area contributed by atoms with Gasteiger partial charge < -0.3 is 0 Å². The summed E-state index contributed by atoms with van der Waals surface area (Å²) in [6.45, 7) is 1.39. The Morgan fingerprint density at radius 1 is 1.14 bits per heavy atom. The molecule has 0 saturated carbocycles. The van der Waals surface area contributed by atoms with Gasteiger partial charge in [-0.15, -0.1) is 0 Å². The Bertz CT molecular complexity index is 1040. The summed E-state index contributed by atoms with van der Waals surface area (Å²) in [5.41, 5.74) is 2.36. The molecule has 0 fully saturated rings. The number of aromatic nitrogens is 1. The third-order valence-corrected chi connectivity index (χ3v) is 4.94. The molecular weight excluding hydrogens is 446 g/mol. The molecule has 0 radical (unpaired) electrons. The van der Waals surface area contributed by atoms with E-state index in [1.165, 1.54) is 24.0 Å². The Morgan fingerprint density at radius 2 is 1.86 bits per heavy atom. The number of carbonyl (C=O) groups excluding carboxylic acids is 1. The summed E-state index contributed by atoms with van der Waals surface area (Å²) in [6.07, 6.45) is 0. The molecule has 1 amide bonds. The molecule has 6 nitrogen and oxygen atoms in total. The first-order chi connectivity index (χ1) is 13.4. The number of rotatable bonds is 5. The second kappa shape index (κ2) is 8.50. The minimum atomic E-state index is -0.565. The number of benzene rings is 2. The highest BCUT2D eigenvalue weighted by Gasteiger charge is 2.25. The topological polar surface area (TPSA) is 76.3 Å². The van der Waals surface area contributed by atoms with Gasteiger partial charge in [-0.3, -0.25) is 19.8 Å². The number of amides is 1. The van der Waals surface area contributed by atoms with Gasteiger partial charge in [-0.25, -0.2) is 4.98 Å². The van der Waals surface area contributed by atoms with Crippen LogP contribution in [0.3, 0.4) is 0 Å². The largest absolute Gasteiger partial charge is 0.312 e. The van der Waals surface area contributed by atoms with Crippen LogP contribution in [-0.2, 0) is 11.3 Å². The van der Waals surface area contributed by atoms with E-state index in [4.69, 9.17) is 11.6 Å². The molecule has 3 rings (SSSR count). The molecule has 0 aliphatic heterocycles. The average molecular weight is 461 g/mol. The third-order valence-electron chi connectivity index (χ3n) is 4.14. The van der Waals surface area contributed by atoms with Crippen LogP contribution < -0.4 is 4.90 Å². The van der Waals surface area contributed by atoms with Crippen molar-refractivity contribution >= 4 is 44.9 Å². The zero-order valence-corrected chi connectivity index (χ0v) is 17.1. The van der Waals surface area contributed by atoms with Crippen LogP contribution in [0.25, 0.3) is 11.1 Å². The minimum absolute atomic E-state index is 0.0323. The van der Waals surface area contributed by atoms with Gasteiger partial charge >= 0.3 is 5.69 Å². The first kappa shape index (κ1) is 20.0. The molecule has 28 heavy (non-hydrogen) atoms. The van der Waals surface area contributed by atoms with Gasteiger partial charge in [0.05, 0.1) is 11.5 Å². The number of halogens is 2. The Balaban J connectivity index is 1.98. The number of pyridine rings is 1. The maximum atomic E-state index is 12.2. The summed E-state index contributed by atoms with van der Waals surface area (Å²) >= 11 is 9.65. The smallest absolute Gasteiger partial charge is 0.287 e. The van der Waals surface area contributed by atoms with Gasteiger partial charge in [-0.1, -0.05) is 54.1 Å². The van der Waals surface area contributed by atoms with Crippen molar-refractivity contribution in [3.63, 3.8) is 0 Å². The number of hydrogen-bond acceptors (Lipinski definition) is 4. The first-order valence-corrected chi connectivity index (χ1v) is 9.47. The summed E-state index contributed by atoms with van der Waals surface area (Å²) in [4.78, 5) is 28.4. The summed E-state index contributed by atoms with van der Waals surface area (Å²) in [6, 6.07) is 18.0. The monoisotopic (exact) mass is 459 g/mol. The standard InChI is InChI=1S/C20H15BrClN3O3/c1-13(26)24(20-18(25(27)28)9-10-19(21)23-20)12-16-8-7-15(11-17(16)22)14-5-3-2-4-6-14/h2-11H,12H2,1H3. The molecule has 3 aromatic rings. The van der Waals surface area contributed by atoms with Crippen LogP contribution in [0.2, 0.25) is 5.02 Å². The second-order valence-corrected chi connectivity index (χ2v) is 7.23. The Labute approximate surface area is 175 Å². The zero-order chi connectivity index (χ0) is 20.3. The van der Waals surface area contributed by atoms with Gasteiger partial charge in [-0.05, 0) is 44.8 Å². The van der Waals surface area contributed by atoms with E-state index < -0.39 is 4.92 Å². The predicted octanol–water partition coefficient (Wildman–Crippen LogP) is 5.63. The van der Waals surface area contributed by atoms with Crippen LogP contribution in [0.1, 0.15) is 12.5 Å². The lowest BCUT2D eigenvalue weighted by Crippen LogP contribution is -2.29. The van der Waals surface area contributed by atoms with E-state index >= 15 is 0 Å². The molecule has 0 saturated heterocycles. The molecular formula is C20H15BrClN3O3. The van der Waals surface area contributed by atoms with Crippen molar-refractivity contribution in [3.8, 4) is 11.1 Å². The zero-order valence-electron chi connectivity index (χ0n) is 14.8. The molecule has 0 aliphatic carbocycles. The van der Waals surface area contributed by atoms with E-state index in [9.17, 15) is 14.9 Å². The number of anilines is 1. The van der Waals surface area contributed by atoms with Crippen molar-refractivity contribution in [3.05, 3.63) is 86.0 Å². The normalized spacial score (nSPS) is 10.5. The summed E-state index contributed by atoms with van der Waals surface area (Å²) in [7, 11) is 0. The Kier molecular flexibility index (Phi) is 6.06. The summed E-state index contributed by atoms with van der Waals surface area (Å²) in [5.74, 6) is -0.410. The highest BCUT2D eigenvalue weighted by molar-refractivity contribution is 9.10. The van der Waals surface area contributed by atoms with Gasteiger partial charge in [-0.2, -0.15) is 0 Å². The second-order valence-electron chi connectivity index (χ2n) is 6.01. The van der Waals surface area contributed by atoms with Gasteiger partial charge in [0.25, 0.3) is 0 Å². The van der Waals surface area contributed by atoms with E-state index in [-0.39, 0.29) is 24.0 Å². The first-order valence-electron chi connectivity index (χ1n) is 8.29. The van der Waals surface area contributed by atoms with E-state index in [0.717, 1.165) is 11.1 Å². The van der Waals surface area contributed by atoms with Crippen molar-refractivity contribution in [2.24, 2.45) is 0 Å². The molecule has 0 spiro atoms. The highest BCUT2D eigenvalue weighted by atomic mass is 79.9. The predicted molar refractivity (Wildman–Crippen MR) is 112 cm³/mol. The molecule has 0 bridgehead atoms. The van der Waals surface area contributed by atoms with E-state index in [1.54, 1.807) is 0 Å². The van der Waals surface area contributed by atoms with Gasteiger partial charge in [0, 0.05) is 18.0 Å². The van der Waals surface area contributed by atoms with Crippen LogP contribution in [0, 0.1) is 10.1 Å². The molecule has 2 aromatic carbocycles. The summed E-state index contributed by atoms with van der Waals surface area (Å²) < 4.78 is 0.393. The number of nitro groups is 1. The van der Waals surface area contributed by atoms with E-state index in [1.807, 2.05) is 48.5 Å². The van der Waals surface area contributed by atoms with Gasteiger partial charge in [0.1, 0.15) is 4.60 Å². The number of hydrogen-bond donors (Lipinski definition) is 0. The summed E-state index contributed by atoms with van der Waals surface area (Å²) in [5, 5.41) is 11.8. The molecule has 0 N–H and O–H groups in total. The fourth-order valence-electron chi connectivity index (χ4n) is 2.75. The molecule has 8 heteroatoms. The molecule has 142 valence electrons. The SMILES string of the molecule is CC(=O)N(Cc1ccc(-c2ccccc2)cc1Cl)c1nc(Br)ccc1[N+](=O)[O-]. The van der Waals surface area contributed by atoms with E-state index in [0.29, 0.717) is 15.2 Å². The van der Waals surface area contributed by atoms with Crippen molar-refractivity contribution in [2.75, 3.05) is 4.90 Å². The van der Waals surface area contributed by atoms with Crippen molar-refractivity contribution in [2.45, 2.75) is 13.5 Å². The minimum Gasteiger partial charge on any atom is -0.287 e. The highest BCUT2D eigenvalue weighted by Crippen LogP contribution is 2.31. The third kappa shape index (κ3) is 4.37. The molecule has 1 aromatic heterocycles. The molecule has 0 aliphatic rings. The lowest BCUT2D eigenvalue weighted by molar-refractivity contribution is -0.384. The van der Waals surface area contributed by atoms with Crippen molar-refractivity contribution < 1.29 is 9.72 Å². The molecule has 0 atom stereocenters. The van der Waals surface area contributed by atoms with Gasteiger partial charge in [0.2, 0.25) is 11.7 Å². The van der Waals surface area contributed by atoms with Crippen LogP contribution >= 0.6 is 27.5 Å². The quantitative estimate of drug-likeness (QED) is 0.281. The lowest BCUT2D eigenvalue weighted by Gasteiger charge is -2.21. The van der Waals surface area contributed by atoms with Crippen LogP contribution in [0.15, 0.2) is 65.3 Å². The fourth-order valence-corrected chi connectivity index (χ4v) is 3.29. The van der Waals surface area contributed by atoms with Crippen molar-refractivity contribution in [1.82, 2.24) is 4.98 Å². The van der Waals surface area contributed by atoms with Crippen LogP contribution in [0.4, 0.5) is 11.5 Å². The maximum absolute atomic E-state index is 12.2. The van der Waals surface area contributed by atoms with E-state index in [2.05, 4.69) is 20.9 Å². The van der Waals surface area contributed by atoms with Gasteiger partial charge in [0.15, 0.2) is 0 Å². The van der Waals surface area contributed by atoms with Crippen LogP contribution in [-0.4, -0.2) is 15.8 Å². The maximum Gasteiger partial charge on any atom is 0.312 e. The Morgan fingerprint density at radius 3 is 2.46 bits per heavy atom. The fraction of sp³-hybridized carbons (Fsp3) is 0.100. The molecule has 0 unspecified atom stereocenters. The molecule has 1 heterocycles.